The number of aliphatic hydroxyl groups excluding tert-OH is 6. The number of aliphatic hydroxyl groups is 6. The lowest BCUT2D eigenvalue weighted by Crippen LogP contribution is -2.64. The molecule has 6 fully saturated rings. The number of anilines is 1. The first-order chi connectivity index (χ1) is 45.5. The van der Waals surface area contributed by atoms with E-state index in [9.17, 15) is 69.3 Å². The van der Waals surface area contributed by atoms with E-state index in [4.69, 9.17) is 20.9 Å². The van der Waals surface area contributed by atoms with Crippen molar-refractivity contribution in [3.63, 3.8) is 0 Å². The van der Waals surface area contributed by atoms with Gasteiger partial charge in [0, 0.05) is 95.4 Å². The summed E-state index contributed by atoms with van der Waals surface area (Å²) in [6, 6.07) is 8.61. The zero-order valence-electron chi connectivity index (χ0n) is 54.7. The third-order valence-electron chi connectivity index (χ3n) is 20.4. The number of carbonyl (C=O) groups is 7. The molecule has 13 atom stereocenters. The first kappa shape index (κ1) is 72.2. The Morgan fingerprint density at radius 1 is 0.716 bits per heavy atom. The number of amides is 7. The molecule has 95 heavy (non-hydrogen) atoms. The third-order valence-corrected chi connectivity index (χ3v) is 20.4. The van der Waals surface area contributed by atoms with Gasteiger partial charge in [0.1, 0.15) is 36.3 Å². The molecule has 9 rings (SSSR count). The topological polar surface area (TPSA) is 405 Å². The molecule has 4 aliphatic heterocycles. The van der Waals surface area contributed by atoms with Crippen molar-refractivity contribution in [3.05, 3.63) is 77.9 Å². The highest BCUT2D eigenvalue weighted by Gasteiger charge is 2.50. The molecule has 2 aliphatic carbocycles. The quantitative estimate of drug-likeness (QED) is 0.0687. The van der Waals surface area contributed by atoms with Gasteiger partial charge in [-0.15, -0.1) is 0 Å². The monoisotopic (exact) mass is 1330 g/mol. The molecule has 16 N–H and O–H groups in total. The van der Waals surface area contributed by atoms with Crippen molar-refractivity contribution in [1.29, 1.82) is 0 Å². The van der Waals surface area contributed by atoms with Crippen molar-refractivity contribution in [2.75, 3.05) is 77.5 Å². The number of benzene rings is 3. The summed E-state index contributed by atoms with van der Waals surface area (Å²) in [5, 5.41) is 91.9. The second-order valence-corrected chi connectivity index (χ2v) is 26.9. The first-order valence-electron chi connectivity index (χ1n) is 33.8. The van der Waals surface area contributed by atoms with Gasteiger partial charge in [-0.25, -0.2) is 0 Å². The van der Waals surface area contributed by atoms with Gasteiger partial charge < -0.3 is 98.0 Å². The maximum Gasteiger partial charge on any atom is 0.251 e. The fourth-order valence-electron chi connectivity index (χ4n) is 14.8. The van der Waals surface area contributed by atoms with Crippen LogP contribution in [0, 0.1) is 11.8 Å². The van der Waals surface area contributed by atoms with E-state index in [1.807, 2.05) is 19.2 Å². The van der Waals surface area contributed by atoms with Gasteiger partial charge >= 0.3 is 0 Å². The van der Waals surface area contributed by atoms with Crippen molar-refractivity contribution in [2.45, 2.75) is 188 Å². The van der Waals surface area contributed by atoms with Gasteiger partial charge in [-0.05, 0) is 130 Å². The van der Waals surface area contributed by atoms with Gasteiger partial charge in [0.15, 0.2) is 11.5 Å². The van der Waals surface area contributed by atoms with Crippen LogP contribution in [0.2, 0.25) is 0 Å². The Morgan fingerprint density at radius 3 is 2.00 bits per heavy atom. The Morgan fingerprint density at radius 2 is 1.36 bits per heavy atom. The highest BCUT2D eigenvalue weighted by Crippen LogP contribution is 2.45. The van der Waals surface area contributed by atoms with Gasteiger partial charge in [-0.1, -0.05) is 56.5 Å². The predicted molar refractivity (Wildman–Crippen MR) is 350 cm³/mol. The van der Waals surface area contributed by atoms with Crippen LogP contribution in [-0.2, 0) is 39.9 Å². The summed E-state index contributed by atoms with van der Waals surface area (Å²) in [6.07, 6.45) is -0.198. The van der Waals surface area contributed by atoms with Gasteiger partial charge in [0.25, 0.3) is 5.91 Å². The molecule has 3 aromatic rings. The Bertz CT molecular complexity index is 3100. The van der Waals surface area contributed by atoms with Crippen molar-refractivity contribution in [3.8, 4) is 22.6 Å². The zero-order valence-corrected chi connectivity index (χ0v) is 54.7. The number of nitrogens with one attached hydrogen (secondary N) is 5. The molecule has 0 radical (unpaired) electrons. The standard InChI is InChI=1S/C68H99N11O16/c1-39-37-79-59(60(39)86)65(91)71-36-48(81)34-50(72-61(87)44-13-11-42(12-14-44)43-15-17-46(18-16-43)76-27-29-77(30-28-76)47-20-23-68(94-3,24-21-47)45-8-5-4-6-9-45)62(88)73-56(40(2)80)66(92)78-38-49(82)35-51(78)63(89)74-57(64(90)75-58(67(79)93)53(84)22-26-70)54(85)32-41-10-19-52(83)55(33-41)95-31-7-25-69/h10-19,33,39-40,45,47-51,53-54,56-60,80-86H,4-9,20-32,34-38,69-70H2,1-3H3,(H,71,91)(H,72,87)(H,73,88)(H,74,89)(H,75,90)/t39-,40+,47?,48+,49+,50-,51-,53+,54+,56-,57-,58-,59-,60-,68?/m0/s1. The Balaban J connectivity index is 0.925. The number of methoxy groups -OCH3 is 1. The second kappa shape index (κ2) is 32.8. The minimum atomic E-state index is -2.03. The van der Waals surface area contributed by atoms with Crippen LogP contribution in [0.15, 0.2) is 66.7 Å². The fraction of sp³-hybridized carbons (Fsp3) is 0.632. The molecule has 4 saturated heterocycles. The summed E-state index contributed by atoms with van der Waals surface area (Å²) in [6.45, 7) is 5.27. The number of β-amino-alcohol motifs (C(OH)–C–C–N with tert-alkyl or cyclic N) is 1. The molecule has 0 aromatic heterocycles. The molecule has 0 unspecified atom stereocenters. The normalized spacial score (nSPS) is 30.0. The zero-order chi connectivity index (χ0) is 68.3. The predicted octanol–water partition coefficient (Wildman–Crippen LogP) is -0.886. The summed E-state index contributed by atoms with van der Waals surface area (Å²) in [5.41, 5.74) is 14.6. The SMILES string of the molecule is COC1(C2CCCCC2)CCC(N2CCN(c3ccc(-c4ccc(C(=O)N[C@H]5C[C@@H](O)CNC(=O)[C@@H]6[C@@H](O)[C@@H](C)CN6C(=O)[C@H]([C@H](O)CCN)NC(=O)[C@H]([C@H](O)Cc6ccc(O)c(OCCCN)c6)NC(=O)[C@@H]6C[C@@H](O)CN6C(=O)[C@H]([C@@H](C)O)NC5=O)cc4)cc3)CC2)CC1. The number of piperazine rings is 1. The summed E-state index contributed by atoms with van der Waals surface area (Å²) in [5.74, 6) is -7.74. The molecule has 27 heteroatoms. The van der Waals surface area contributed by atoms with Crippen LogP contribution < -0.4 is 47.7 Å². The molecule has 4 heterocycles. The van der Waals surface area contributed by atoms with Gasteiger partial charge in [0.2, 0.25) is 35.4 Å². The van der Waals surface area contributed by atoms with E-state index < -0.39 is 152 Å². The largest absolute Gasteiger partial charge is 0.504 e. The van der Waals surface area contributed by atoms with Gasteiger partial charge in [-0.2, -0.15) is 0 Å². The molecule has 0 spiro atoms. The second-order valence-electron chi connectivity index (χ2n) is 26.9. The number of ether oxygens (including phenoxy) is 2. The average Bonchev–Trinajstić information content (AvgIpc) is 1.73. The number of phenols is 1. The molecule has 3 aromatic carbocycles. The molecule has 6 aliphatic rings. The van der Waals surface area contributed by atoms with Crippen LogP contribution in [0.1, 0.15) is 113 Å². The number of phenolic OH excluding ortho intramolecular Hbond substituents is 1. The summed E-state index contributed by atoms with van der Waals surface area (Å²) >= 11 is 0. The van der Waals surface area contributed by atoms with Crippen LogP contribution in [0.4, 0.5) is 5.69 Å². The molecular formula is C68H99N11O16. The molecule has 0 bridgehead atoms. The van der Waals surface area contributed by atoms with Gasteiger partial charge in [-0.3, -0.25) is 38.5 Å². The van der Waals surface area contributed by atoms with Crippen LogP contribution in [0.3, 0.4) is 0 Å². The maximum atomic E-state index is 14.8. The van der Waals surface area contributed by atoms with Gasteiger partial charge in [0.05, 0.1) is 48.8 Å². The third kappa shape index (κ3) is 17.4. The molecule has 2 saturated carbocycles. The summed E-state index contributed by atoms with van der Waals surface area (Å²) in [4.78, 5) is 109. The summed E-state index contributed by atoms with van der Waals surface area (Å²) in [7, 11) is 1.91. The highest BCUT2D eigenvalue weighted by atomic mass is 16.5. The Labute approximate surface area is 554 Å². The van der Waals surface area contributed by atoms with E-state index in [1.54, 1.807) is 31.2 Å². The van der Waals surface area contributed by atoms with E-state index in [1.165, 1.54) is 57.2 Å². The van der Waals surface area contributed by atoms with E-state index in [0.29, 0.717) is 18.4 Å². The number of nitrogens with zero attached hydrogens (tertiary/aromatic N) is 4. The van der Waals surface area contributed by atoms with Crippen LogP contribution in [-0.4, -0.2) is 249 Å². The maximum absolute atomic E-state index is 14.8. The number of fused-ring (bicyclic) bond motifs is 2. The smallest absolute Gasteiger partial charge is 0.251 e. The van der Waals surface area contributed by atoms with E-state index in [-0.39, 0.29) is 60.9 Å². The van der Waals surface area contributed by atoms with Crippen LogP contribution >= 0.6 is 0 Å². The number of aromatic hydroxyl groups is 1. The number of nitrogens with two attached hydrogens (primary N) is 2. The first-order valence-corrected chi connectivity index (χ1v) is 33.8. The number of hydrogen-bond acceptors (Lipinski definition) is 20. The Hall–Kier alpha value is -7.05. The lowest BCUT2D eigenvalue weighted by molar-refractivity contribution is -0.147. The van der Waals surface area contributed by atoms with E-state index in [0.717, 1.165) is 78.5 Å². The van der Waals surface area contributed by atoms with Crippen LogP contribution in [0.5, 0.6) is 11.5 Å². The molecule has 27 nitrogen and oxygen atoms in total. The minimum Gasteiger partial charge on any atom is -0.504 e. The minimum absolute atomic E-state index is 0.0109. The fourth-order valence-corrected chi connectivity index (χ4v) is 14.8. The highest BCUT2D eigenvalue weighted by molar-refractivity contribution is 6.00. The van der Waals surface area contributed by atoms with Crippen molar-refractivity contribution >= 4 is 47.0 Å². The number of rotatable bonds is 18. The van der Waals surface area contributed by atoms with Crippen LogP contribution in [0.25, 0.3) is 11.1 Å². The van der Waals surface area contributed by atoms with Crippen molar-refractivity contribution < 1.29 is 78.8 Å². The molecular weight excluding hydrogens is 1230 g/mol. The lowest BCUT2D eigenvalue weighted by atomic mass is 9.68. The number of carbonyl (C=O) groups excluding carboxylic acids is 7. The lowest BCUT2D eigenvalue weighted by Gasteiger charge is -2.49. The van der Waals surface area contributed by atoms with Crippen molar-refractivity contribution in [1.82, 2.24) is 41.3 Å². The summed E-state index contributed by atoms with van der Waals surface area (Å²) < 4.78 is 12.0. The van der Waals surface area contributed by atoms with E-state index >= 15 is 0 Å². The average molecular weight is 1330 g/mol. The Kier molecular flexibility index (Phi) is 24.9. The van der Waals surface area contributed by atoms with E-state index in [2.05, 4.69) is 48.5 Å². The molecule has 7 amide bonds. The molecule has 522 valence electrons. The number of hydrogen-bond donors (Lipinski definition) is 14. The van der Waals surface area contributed by atoms with Crippen molar-refractivity contribution in [2.24, 2.45) is 23.3 Å².